The number of hydrogen-bond acceptors (Lipinski definition) is 2. The number of carbonyl (C=O) groups is 1. The first-order valence-corrected chi connectivity index (χ1v) is 8.55. The SMILES string of the molecule is CC(C)N(CCBr)C(=O)c1cc2c(s1)CCCC2. The molecule has 2 nitrogen and oxygen atoms in total. The molecule has 0 saturated carbocycles. The summed E-state index contributed by atoms with van der Waals surface area (Å²) in [7, 11) is 0. The average molecular weight is 330 g/mol. The summed E-state index contributed by atoms with van der Waals surface area (Å²) in [6.07, 6.45) is 4.86. The molecule has 0 aromatic carbocycles. The molecule has 1 aliphatic rings. The molecule has 0 N–H and O–H groups in total. The minimum Gasteiger partial charge on any atom is -0.335 e. The largest absolute Gasteiger partial charge is 0.335 e. The van der Waals surface area contributed by atoms with Crippen molar-refractivity contribution in [2.75, 3.05) is 11.9 Å². The number of fused-ring (bicyclic) bond motifs is 1. The fourth-order valence-electron chi connectivity index (χ4n) is 2.42. The molecule has 1 aliphatic carbocycles. The maximum Gasteiger partial charge on any atom is 0.264 e. The molecule has 0 fully saturated rings. The van der Waals surface area contributed by atoms with E-state index in [1.807, 2.05) is 4.90 Å². The molecule has 1 aromatic heterocycles. The van der Waals surface area contributed by atoms with Crippen molar-refractivity contribution in [1.82, 2.24) is 4.90 Å². The van der Waals surface area contributed by atoms with Gasteiger partial charge in [0.25, 0.3) is 5.91 Å². The second kappa shape index (κ2) is 6.20. The van der Waals surface area contributed by atoms with Gasteiger partial charge >= 0.3 is 0 Å². The van der Waals surface area contributed by atoms with Crippen molar-refractivity contribution in [3.05, 3.63) is 21.4 Å². The summed E-state index contributed by atoms with van der Waals surface area (Å²) >= 11 is 5.13. The third-order valence-corrected chi connectivity index (χ3v) is 5.00. The maximum atomic E-state index is 12.5. The molecule has 0 radical (unpaired) electrons. The first kappa shape index (κ1) is 14.1. The number of thiophene rings is 1. The first-order valence-electron chi connectivity index (χ1n) is 6.62. The van der Waals surface area contributed by atoms with Crippen LogP contribution in [0.15, 0.2) is 6.07 Å². The van der Waals surface area contributed by atoms with E-state index < -0.39 is 0 Å². The summed E-state index contributed by atoms with van der Waals surface area (Å²) in [5.74, 6) is 0.198. The van der Waals surface area contributed by atoms with E-state index in [9.17, 15) is 4.79 Å². The van der Waals surface area contributed by atoms with E-state index in [0.717, 1.165) is 29.6 Å². The van der Waals surface area contributed by atoms with Gasteiger partial charge in [0.2, 0.25) is 0 Å². The van der Waals surface area contributed by atoms with Crippen molar-refractivity contribution in [3.63, 3.8) is 0 Å². The zero-order valence-electron chi connectivity index (χ0n) is 11.0. The molecule has 0 unspecified atom stereocenters. The molecule has 0 aliphatic heterocycles. The molecule has 2 rings (SSSR count). The second-order valence-corrected chi connectivity index (χ2v) is 6.98. The van der Waals surface area contributed by atoms with Gasteiger partial charge in [0.05, 0.1) is 4.88 Å². The van der Waals surface area contributed by atoms with Crippen molar-refractivity contribution in [1.29, 1.82) is 0 Å². The number of halogens is 1. The molecular formula is C14H20BrNOS. The molecule has 1 heterocycles. The highest BCUT2D eigenvalue weighted by Crippen LogP contribution is 2.30. The molecule has 0 spiro atoms. The quantitative estimate of drug-likeness (QED) is 0.768. The van der Waals surface area contributed by atoms with Crippen LogP contribution in [0.5, 0.6) is 0 Å². The average Bonchev–Trinajstić information content (AvgIpc) is 2.78. The Morgan fingerprint density at radius 1 is 1.44 bits per heavy atom. The Morgan fingerprint density at radius 2 is 2.17 bits per heavy atom. The molecule has 4 heteroatoms. The van der Waals surface area contributed by atoms with Gasteiger partial charge in [-0.1, -0.05) is 15.9 Å². The van der Waals surface area contributed by atoms with Crippen molar-refractivity contribution < 1.29 is 4.79 Å². The molecule has 1 aromatic rings. The van der Waals surface area contributed by atoms with Crippen LogP contribution in [0, 0.1) is 0 Å². The van der Waals surface area contributed by atoms with Crippen LogP contribution in [-0.2, 0) is 12.8 Å². The Balaban J connectivity index is 2.19. The van der Waals surface area contributed by atoms with Gasteiger partial charge in [0.15, 0.2) is 0 Å². The first-order chi connectivity index (χ1) is 8.63. The van der Waals surface area contributed by atoms with E-state index in [4.69, 9.17) is 0 Å². The van der Waals surface area contributed by atoms with Gasteiger partial charge in [-0.25, -0.2) is 0 Å². The standard InChI is InChI=1S/C14H20BrNOS/c1-10(2)16(8-7-15)14(17)13-9-11-5-3-4-6-12(11)18-13/h9-10H,3-8H2,1-2H3. The van der Waals surface area contributed by atoms with Crippen LogP contribution in [0.3, 0.4) is 0 Å². The number of aryl methyl sites for hydroxylation is 2. The van der Waals surface area contributed by atoms with Crippen molar-refractivity contribution in [2.24, 2.45) is 0 Å². The van der Waals surface area contributed by atoms with E-state index in [1.165, 1.54) is 23.3 Å². The van der Waals surface area contributed by atoms with E-state index in [-0.39, 0.29) is 11.9 Å². The highest BCUT2D eigenvalue weighted by molar-refractivity contribution is 9.09. The lowest BCUT2D eigenvalue weighted by Crippen LogP contribution is -2.37. The minimum atomic E-state index is 0.198. The van der Waals surface area contributed by atoms with Gasteiger partial charge in [-0.15, -0.1) is 11.3 Å². The van der Waals surface area contributed by atoms with E-state index in [2.05, 4.69) is 35.8 Å². The Hall–Kier alpha value is -0.350. The van der Waals surface area contributed by atoms with Crippen LogP contribution in [0.25, 0.3) is 0 Å². The molecule has 0 saturated heterocycles. The lowest BCUT2D eigenvalue weighted by molar-refractivity contribution is 0.0724. The summed E-state index contributed by atoms with van der Waals surface area (Å²) in [6, 6.07) is 2.39. The minimum absolute atomic E-state index is 0.198. The number of hydrogen-bond donors (Lipinski definition) is 0. The normalized spacial score (nSPS) is 14.7. The molecule has 0 bridgehead atoms. The Morgan fingerprint density at radius 3 is 2.78 bits per heavy atom. The fraction of sp³-hybridized carbons (Fsp3) is 0.643. The molecule has 100 valence electrons. The zero-order valence-corrected chi connectivity index (χ0v) is 13.4. The third-order valence-electron chi connectivity index (χ3n) is 3.42. The van der Waals surface area contributed by atoms with Gasteiger partial charge in [0, 0.05) is 22.8 Å². The summed E-state index contributed by atoms with van der Waals surface area (Å²) in [5.41, 5.74) is 1.41. The van der Waals surface area contributed by atoms with Crippen molar-refractivity contribution in [3.8, 4) is 0 Å². The van der Waals surface area contributed by atoms with Gasteiger partial charge in [-0.2, -0.15) is 0 Å². The summed E-state index contributed by atoms with van der Waals surface area (Å²) in [6.45, 7) is 4.93. The van der Waals surface area contributed by atoms with Crippen LogP contribution >= 0.6 is 27.3 Å². The van der Waals surface area contributed by atoms with E-state index in [0.29, 0.717) is 0 Å². The monoisotopic (exact) mass is 329 g/mol. The van der Waals surface area contributed by atoms with Gasteiger partial charge in [0.1, 0.15) is 0 Å². The predicted molar refractivity (Wildman–Crippen MR) is 80.9 cm³/mol. The predicted octanol–water partition coefficient (Wildman–Crippen LogP) is 3.87. The van der Waals surface area contributed by atoms with Gasteiger partial charge < -0.3 is 4.90 Å². The second-order valence-electron chi connectivity index (χ2n) is 5.05. The number of rotatable bonds is 4. The summed E-state index contributed by atoms with van der Waals surface area (Å²) in [4.78, 5) is 16.8. The lowest BCUT2D eigenvalue weighted by Gasteiger charge is -2.25. The highest BCUT2D eigenvalue weighted by atomic mass is 79.9. The number of amides is 1. The zero-order chi connectivity index (χ0) is 13.1. The Bertz CT molecular complexity index is 404. The van der Waals surface area contributed by atoms with Crippen LogP contribution in [-0.4, -0.2) is 28.7 Å². The number of nitrogens with zero attached hydrogens (tertiary/aromatic N) is 1. The van der Waals surface area contributed by atoms with Crippen molar-refractivity contribution >= 4 is 33.2 Å². The smallest absolute Gasteiger partial charge is 0.264 e. The van der Waals surface area contributed by atoms with Crippen molar-refractivity contribution in [2.45, 2.75) is 45.6 Å². The van der Waals surface area contributed by atoms with Gasteiger partial charge in [-0.3, -0.25) is 4.79 Å². The van der Waals surface area contributed by atoms with Crippen LogP contribution in [0.4, 0.5) is 0 Å². The summed E-state index contributed by atoms with van der Waals surface area (Å²) < 4.78 is 0. The molecular weight excluding hydrogens is 310 g/mol. The number of carbonyl (C=O) groups excluding carboxylic acids is 1. The molecule has 1 amide bonds. The van der Waals surface area contributed by atoms with E-state index >= 15 is 0 Å². The van der Waals surface area contributed by atoms with Gasteiger partial charge in [-0.05, 0) is 51.2 Å². The highest BCUT2D eigenvalue weighted by Gasteiger charge is 2.22. The maximum absolute atomic E-state index is 12.5. The number of alkyl halides is 1. The third kappa shape index (κ3) is 2.97. The summed E-state index contributed by atoms with van der Waals surface area (Å²) in [5, 5.41) is 0.835. The Labute approximate surface area is 122 Å². The Kier molecular flexibility index (Phi) is 4.84. The van der Waals surface area contributed by atoms with Crippen LogP contribution in [0.2, 0.25) is 0 Å². The molecule has 0 atom stereocenters. The lowest BCUT2D eigenvalue weighted by atomic mass is 9.99. The topological polar surface area (TPSA) is 20.3 Å². The van der Waals surface area contributed by atoms with Crippen LogP contribution < -0.4 is 0 Å². The fourth-order valence-corrected chi connectivity index (χ4v) is 4.01. The molecule has 18 heavy (non-hydrogen) atoms. The van der Waals surface area contributed by atoms with Crippen LogP contribution in [0.1, 0.15) is 46.8 Å². The van der Waals surface area contributed by atoms with E-state index in [1.54, 1.807) is 11.3 Å².